The molecular formula is C32H39F2N9O. The van der Waals surface area contributed by atoms with Crippen molar-refractivity contribution < 1.29 is 13.6 Å². The molecule has 0 saturated carbocycles. The maximum atomic E-state index is 15.0. The summed E-state index contributed by atoms with van der Waals surface area (Å²) in [6, 6.07) is 9.25. The van der Waals surface area contributed by atoms with E-state index < -0.39 is 11.6 Å². The molecule has 0 bridgehead atoms. The normalized spacial score (nSPS) is 18.3. The van der Waals surface area contributed by atoms with Crippen molar-refractivity contribution in [3.63, 3.8) is 0 Å². The first-order valence-electron chi connectivity index (χ1n) is 15.5. The molecule has 5 heterocycles. The molecule has 0 spiro atoms. The first kappa shape index (κ1) is 29.9. The van der Waals surface area contributed by atoms with Crippen LogP contribution in [-0.2, 0) is 0 Å². The van der Waals surface area contributed by atoms with Gasteiger partial charge in [0.15, 0.2) is 17.3 Å². The summed E-state index contributed by atoms with van der Waals surface area (Å²) in [6.45, 7) is 9.50. The van der Waals surface area contributed by atoms with Crippen molar-refractivity contribution in [3.8, 4) is 11.3 Å². The van der Waals surface area contributed by atoms with Crippen LogP contribution in [0.4, 0.5) is 26.4 Å². The number of aromatic nitrogens is 5. The van der Waals surface area contributed by atoms with Crippen molar-refractivity contribution in [1.82, 2.24) is 29.5 Å². The Morgan fingerprint density at radius 3 is 2.55 bits per heavy atom. The van der Waals surface area contributed by atoms with E-state index in [2.05, 4.69) is 33.9 Å². The van der Waals surface area contributed by atoms with Crippen LogP contribution in [0, 0.1) is 11.6 Å². The maximum absolute atomic E-state index is 15.0. The van der Waals surface area contributed by atoms with Crippen LogP contribution in [-0.4, -0.2) is 73.5 Å². The molecule has 4 aromatic rings. The highest BCUT2D eigenvalue weighted by Crippen LogP contribution is 2.31. The lowest BCUT2D eigenvalue weighted by molar-refractivity contribution is 0.0988. The Morgan fingerprint density at radius 1 is 1.05 bits per heavy atom. The van der Waals surface area contributed by atoms with Crippen LogP contribution in [0.1, 0.15) is 75.0 Å². The molecule has 1 atom stereocenters. The van der Waals surface area contributed by atoms with Gasteiger partial charge in [-0.2, -0.15) is 4.52 Å². The number of nitrogen functional groups attached to an aromatic ring is 1. The number of hydrogen-bond acceptors (Lipinski definition) is 9. The second kappa shape index (κ2) is 12.4. The number of pyridine rings is 1. The largest absolute Gasteiger partial charge is 0.383 e. The fourth-order valence-corrected chi connectivity index (χ4v) is 6.25. The van der Waals surface area contributed by atoms with Gasteiger partial charge >= 0.3 is 0 Å². The van der Waals surface area contributed by atoms with Gasteiger partial charge in [-0.25, -0.2) is 23.7 Å². The summed E-state index contributed by atoms with van der Waals surface area (Å²) in [5.74, 6) is 0.981. The summed E-state index contributed by atoms with van der Waals surface area (Å²) in [5.41, 5.74) is 7.68. The molecule has 1 aromatic carbocycles. The number of hydrogen-bond donors (Lipinski definition) is 2. The van der Waals surface area contributed by atoms with Gasteiger partial charge in [0, 0.05) is 55.2 Å². The van der Waals surface area contributed by atoms with Crippen molar-refractivity contribution in [2.24, 2.45) is 0 Å². The number of carbonyl (C=O) groups excluding carboxylic acids is 1. The number of likely N-dealkylation sites (tertiary alicyclic amines) is 1. The van der Waals surface area contributed by atoms with E-state index in [1.54, 1.807) is 29.6 Å². The number of anilines is 3. The lowest BCUT2D eigenvalue weighted by Crippen LogP contribution is -2.43. The molecule has 0 amide bonds. The number of fused-ring (bicyclic) bond motifs is 1. The molecule has 3 N–H and O–H groups in total. The lowest BCUT2D eigenvalue weighted by atomic mass is 9.95. The summed E-state index contributed by atoms with van der Waals surface area (Å²) in [6.07, 6.45) is 4.05. The van der Waals surface area contributed by atoms with Crippen molar-refractivity contribution >= 4 is 29.0 Å². The van der Waals surface area contributed by atoms with E-state index >= 15 is 0 Å². The van der Waals surface area contributed by atoms with Crippen molar-refractivity contribution in [2.75, 3.05) is 42.1 Å². The minimum Gasteiger partial charge on any atom is -0.383 e. The number of carbonyl (C=O) groups is 1. The zero-order valence-corrected chi connectivity index (χ0v) is 25.4. The van der Waals surface area contributed by atoms with Crippen LogP contribution in [0.25, 0.3) is 16.9 Å². The molecule has 3 aromatic heterocycles. The number of halogens is 2. The van der Waals surface area contributed by atoms with Crippen LogP contribution in [0.5, 0.6) is 0 Å². The third kappa shape index (κ3) is 6.08. The maximum Gasteiger partial charge on any atom is 0.229 e. The standard InChI is InChI=1S/C32H39F2N9O/c1-4-27(44)24-9-10-28(38-30(24)35)36-22-6-5-13-42(18-22)32-37-26(23-8-7-21(33)16-25(23)34)17-29-39-31(40-43(29)32)20-11-14-41(15-12-20)19(2)3/h7-10,16-17,19-20,22H,4-6,11-15,18H2,1-3H3,(H3,35,36,38). The summed E-state index contributed by atoms with van der Waals surface area (Å²) in [5, 5.41) is 8.42. The topological polar surface area (TPSA) is 118 Å². The van der Waals surface area contributed by atoms with Crippen LogP contribution in [0.2, 0.25) is 0 Å². The van der Waals surface area contributed by atoms with Crippen LogP contribution >= 0.6 is 0 Å². The number of nitrogens with one attached hydrogen (secondary N) is 1. The third-order valence-corrected chi connectivity index (χ3v) is 8.76. The van der Waals surface area contributed by atoms with Crippen LogP contribution in [0.15, 0.2) is 36.4 Å². The van der Waals surface area contributed by atoms with Gasteiger partial charge in [-0.15, -0.1) is 5.10 Å². The third-order valence-electron chi connectivity index (χ3n) is 8.76. The number of ketones is 1. The average molecular weight is 604 g/mol. The molecule has 2 aliphatic rings. The average Bonchev–Trinajstić information content (AvgIpc) is 3.45. The van der Waals surface area contributed by atoms with Crippen molar-refractivity contribution in [1.29, 1.82) is 0 Å². The second-order valence-electron chi connectivity index (χ2n) is 12.0. The van der Waals surface area contributed by atoms with Crippen LogP contribution < -0.4 is 16.0 Å². The summed E-state index contributed by atoms with van der Waals surface area (Å²) < 4.78 is 30.5. The zero-order chi connectivity index (χ0) is 31.0. The predicted molar refractivity (Wildman–Crippen MR) is 167 cm³/mol. The molecule has 2 fully saturated rings. The zero-order valence-electron chi connectivity index (χ0n) is 25.4. The Balaban J connectivity index is 1.32. The number of Topliss-reactive ketones (excluding diaryl/α,β-unsaturated/α-hetero) is 1. The number of benzene rings is 1. The Labute approximate surface area is 255 Å². The molecule has 0 radical (unpaired) electrons. The smallest absolute Gasteiger partial charge is 0.229 e. The quantitative estimate of drug-likeness (QED) is 0.259. The van der Waals surface area contributed by atoms with Gasteiger partial charge in [-0.3, -0.25) is 4.79 Å². The second-order valence-corrected chi connectivity index (χ2v) is 12.0. The minimum atomic E-state index is -0.680. The molecule has 2 aliphatic heterocycles. The highest BCUT2D eigenvalue weighted by atomic mass is 19.1. The lowest BCUT2D eigenvalue weighted by Gasteiger charge is -2.34. The summed E-state index contributed by atoms with van der Waals surface area (Å²) >= 11 is 0. The van der Waals surface area contributed by atoms with E-state index in [0.717, 1.165) is 57.2 Å². The van der Waals surface area contributed by atoms with E-state index in [9.17, 15) is 13.6 Å². The molecule has 2 saturated heterocycles. The number of nitrogens with two attached hydrogens (primary N) is 1. The Hall–Kier alpha value is -4.19. The molecule has 6 rings (SSSR count). The summed E-state index contributed by atoms with van der Waals surface area (Å²) in [4.78, 5) is 31.0. The Morgan fingerprint density at radius 2 is 1.84 bits per heavy atom. The number of nitrogens with zero attached hydrogens (tertiary/aromatic N) is 7. The molecule has 12 heteroatoms. The van der Waals surface area contributed by atoms with Crippen LogP contribution in [0.3, 0.4) is 0 Å². The highest BCUT2D eigenvalue weighted by molar-refractivity contribution is 6.00. The fraction of sp³-hybridized carbons (Fsp3) is 0.469. The Kier molecular flexibility index (Phi) is 8.44. The molecule has 232 valence electrons. The van der Waals surface area contributed by atoms with E-state index in [1.807, 2.05) is 0 Å². The Bertz CT molecular complexity index is 1670. The van der Waals surface area contributed by atoms with E-state index in [1.165, 1.54) is 12.1 Å². The van der Waals surface area contributed by atoms with Gasteiger partial charge in [0.2, 0.25) is 5.95 Å². The first-order valence-corrected chi connectivity index (χ1v) is 15.5. The molecular weight excluding hydrogens is 564 g/mol. The van der Waals surface area contributed by atoms with Gasteiger partial charge in [-0.1, -0.05) is 6.92 Å². The number of piperidine rings is 2. The molecule has 44 heavy (non-hydrogen) atoms. The van der Waals surface area contributed by atoms with Gasteiger partial charge in [0.25, 0.3) is 0 Å². The van der Waals surface area contributed by atoms with Gasteiger partial charge < -0.3 is 20.9 Å². The van der Waals surface area contributed by atoms with Crippen molar-refractivity contribution in [2.45, 2.75) is 70.9 Å². The first-order chi connectivity index (χ1) is 21.2. The highest BCUT2D eigenvalue weighted by Gasteiger charge is 2.29. The fourth-order valence-electron chi connectivity index (χ4n) is 6.25. The van der Waals surface area contributed by atoms with E-state index in [0.29, 0.717) is 47.7 Å². The van der Waals surface area contributed by atoms with E-state index in [4.69, 9.17) is 20.8 Å². The summed E-state index contributed by atoms with van der Waals surface area (Å²) in [7, 11) is 0. The molecule has 10 nitrogen and oxygen atoms in total. The monoisotopic (exact) mass is 603 g/mol. The number of rotatable bonds is 8. The van der Waals surface area contributed by atoms with Crippen molar-refractivity contribution in [3.05, 3.63) is 59.4 Å². The van der Waals surface area contributed by atoms with Gasteiger partial charge in [0.05, 0.1) is 11.3 Å². The minimum absolute atomic E-state index is 0.00907. The van der Waals surface area contributed by atoms with Gasteiger partial charge in [0.1, 0.15) is 23.3 Å². The molecule has 0 aliphatic carbocycles. The molecule has 1 unspecified atom stereocenters. The SMILES string of the molecule is CCC(=O)c1ccc(NC2CCCN(c3nc(-c4ccc(F)cc4F)cc4nc(C5CCN(C(C)C)CC5)nn34)C2)nc1N. The van der Waals surface area contributed by atoms with E-state index in [-0.39, 0.29) is 29.1 Å². The van der Waals surface area contributed by atoms with Gasteiger partial charge in [-0.05, 0) is 76.9 Å². The predicted octanol–water partition coefficient (Wildman–Crippen LogP) is 5.31.